The first-order chi connectivity index (χ1) is 8.65. The van der Waals surface area contributed by atoms with E-state index in [-0.39, 0.29) is 0 Å². The van der Waals surface area contributed by atoms with Crippen LogP contribution in [-0.2, 0) is 19.9 Å². The molecule has 0 fully saturated rings. The van der Waals surface area contributed by atoms with Crippen LogP contribution in [0.5, 0.6) is 0 Å². The van der Waals surface area contributed by atoms with Gasteiger partial charge in [0.05, 0.1) is 0 Å². The molecule has 98 valence electrons. The van der Waals surface area contributed by atoms with Crippen LogP contribution in [0.4, 0.5) is 0 Å². The molecular formula is C14H21N3S. The summed E-state index contributed by atoms with van der Waals surface area (Å²) in [5, 5.41) is 3.56. The highest BCUT2D eigenvalue weighted by atomic mass is 32.1. The molecule has 2 aromatic rings. The molecule has 0 amide bonds. The van der Waals surface area contributed by atoms with E-state index in [1.54, 1.807) is 0 Å². The maximum absolute atomic E-state index is 4.32. The molecule has 0 aliphatic heterocycles. The summed E-state index contributed by atoms with van der Waals surface area (Å²) in [5.74, 6) is 1.14. The number of thiophene rings is 1. The van der Waals surface area contributed by atoms with Gasteiger partial charge in [0.15, 0.2) is 0 Å². The third kappa shape index (κ3) is 3.68. The van der Waals surface area contributed by atoms with Gasteiger partial charge >= 0.3 is 0 Å². The van der Waals surface area contributed by atoms with Crippen LogP contribution in [0.25, 0.3) is 0 Å². The fraction of sp³-hybridized carbons (Fsp3) is 0.500. The molecule has 0 radical (unpaired) electrons. The molecule has 1 atom stereocenters. The standard InChI is InChI=1S/C14H21N3S/c1-11(10-13-5-4-12(2)18-13)15-7-6-14-16-8-9-17(14)3/h4-5,8-9,11,15H,6-7,10H2,1-3H3. The fourth-order valence-corrected chi connectivity index (χ4v) is 3.06. The third-order valence-electron chi connectivity index (χ3n) is 3.07. The van der Waals surface area contributed by atoms with Crippen molar-refractivity contribution in [3.63, 3.8) is 0 Å². The Labute approximate surface area is 113 Å². The zero-order chi connectivity index (χ0) is 13.0. The number of nitrogens with one attached hydrogen (secondary N) is 1. The Bertz CT molecular complexity index is 487. The molecule has 0 aliphatic carbocycles. The van der Waals surface area contributed by atoms with Gasteiger partial charge in [-0.3, -0.25) is 0 Å². The van der Waals surface area contributed by atoms with Crippen LogP contribution >= 0.6 is 11.3 Å². The van der Waals surface area contributed by atoms with Gasteiger partial charge in [0, 0.05) is 48.2 Å². The van der Waals surface area contributed by atoms with Crippen molar-refractivity contribution in [2.75, 3.05) is 6.54 Å². The Kier molecular flexibility index (Phi) is 4.55. The first kappa shape index (κ1) is 13.3. The molecule has 2 aromatic heterocycles. The molecule has 0 bridgehead atoms. The average molecular weight is 263 g/mol. The molecule has 0 aliphatic rings. The molecule has 0 aromatic carbocycles. The van der Waals surface area contributed by atoms with E-state index in [1.807, 2.05) is 30.8 Å². The topological polar surface area (TPSA) is 29.9 Å². The number of nitrogens with zero attached hydrogens (tertiary/aromatic N) is 2. The van der Waals surface area contributed by atoms with Gasteiger partial charge in [-0.1, -0.05) is 0 Å². The van der Waals surface area contributed by atoms with E-state index in [0.717, 1.165) is 25.2 Å². The third-order valence-corrected chi connectivity index (χ3v) is 4.09. The van der Waals surface area contributed by atoms with Crippen LogP contribution in [0.3, 0.4) is 0 Å². The molecule has 4 heteroatoms. The van der Waals surface area contributed by atoms with Gasteiger partial charge in [-0.2, -0.15) is 0 Å². The van der Waals surface area contributed by atoms with Gasteiger partial charge in [0.2, 0.25) is 0 Å². The summed E-state index contributed by atoms with van der Waals surface area (Å²) >= 11 is 1.89. The summed E-state index contributed by atoms with van der Waals surface area (Å²) in [6.07, 6.45) is 5.94. The fourth-order valence-electron chi connectivity index (χ4n) is 2.04. The van der Waals surface area contributed by atoms with Crippen molar-refractivity contribution in [2.45, 2.75) is 32.7 Å². The van der Waals surface area contributed by atoms with Crippen LogP contribution in [0.1, 0.15) is 22.5 Å². The van der Waals surface area contributed by atoms with Gasteiger partial charge < -0.3 is 9.88 Å². The van der Waals surface area contributed by atoms with E-state index in [4.69, 9.17) is 0 Å². The van der Waals surface area contributed by atoms with E-state index >= 15 is 0 Å². The average Bonchev–Trinajstić information content (AvgIpc) is 2.89. The van der Waals surface area contributed by atoms with Crippen molar-refractivity contribution >= 4 is 11.3 Å². The summed E-state index contributed by atoms with van der Waals surface area (Å²) in [6.45, 7) is 5.39. The SMILES string of the molecule is Cc1ccc(CC(C)NCCc2nccn2C)s1. The van der Waals surface area contributed by atoms with E-state index < -0.39 is 0 Å². The smallest absolute Gasteiger partial charge is 0.109 e. The van der Waals surface area contributed by atoms with Crippen molar-refractivity contribution in [3.8, 4) is 0 Å². The molecule has 1 unspecified atom stereocenters. The second-order valence-electron chi connectivity index (χ2n) is 4.78. The lowest BCUT2D eigenvalue weighted by Gasteiger charge is -2.12. The largest absolute Gasteiger partial charge is 0.338 e. The highest BCUT2D eigenvalue weighted by Gasteiger charge is 2.05. The molecule has 18 heavy (non-hydrogen) atoms. The summed E-state index contributed by atoms with van der Waals surface area (Å²) in [7, 11) is 2.04. The molecule has 0 saturated carbocycles. The van der Waals surface area contributed by atoms with Crippen LogP contribution in [0.2, 0.25) is 0 Å². The lowest BCUT2D eigenvalue weighted by molar-refractivity contribution is 0.542. The number of imidazole rings is 1. The minimum atomic E-state index is 0.517. The zero-order valence-corrected chi connectivity index (χ0v) is 12.1. The summed E-state index contributed by atoms with van der Waals surface area (Å²) in [6, 6.07) is 4.95. The molecule has 2 rings (SSSR count). The molecule has 1 N–H and O–H groups in total. The van der Waals surface area contributed by atoms with E-state index in [0.29, 0.717) is 6.04 Å². The summed E-state index contributed by atoms with van der Waals surface area (Å²) in [5.41, 5.74) is 0. The minimum absolute atomic E-state index is 0.517. The highest BCUT2D eigenvalue weighted by Crippen LogP contribution is 2.16. The number of hydrogen-bond acceptors (Lipinski definition) is 3. The Hall–Kier alpha value is -1.13. The number of aryl methyl sites for hydroxylation is 2. The maximum Gasteiger partial charge on any atom is 0.109 e. The van der Waals surface area contributed by atoms with Crippen molar-refractivity contribution < 1.29 is 0 Å². The lowest BCUT2D eigenvalue weighted by atomic mass is 10.2. The van der Waals surface area contributed by atoms with E-state index in [1.165, 1.54) is 9.75 Å². The van der Waals surface area contributed by atoms with Crippen molar-refractivity contribution in [2.24, 2.45) is 7.05 Å². The van der Waals surface area contributed by atoms with Crippen molar-refractivity contribution in [3.05, 3.63) is 40.1 Å². The summed E-state index contributed by atoms with van der Waals surface area (Å²) in [4.78, 5) is 7.18. The number of hydrogen-bond donors (Lipinski definition) is 1. The minimum Gasteiger partial charge on any atom is -0.338 e. The van der Waals surface area contributed by atoms with E-state index in [9.17, 15) is 0 Å². The Balaban J connectivity index is 1.72. The lowest BCUT2D eigenvalue weighted by Crippen LogP contribution is -2.30. The second-order valence-corrected chi connectivity index (χ2v) is 6.15. The normalized spacial score (nSPS) is 12.8. The molecular weight excluding hydrogens is 242 g/mol. The maximum atomic E-state index is 4.32. The number of aromatic nitrogens is 2. The summed E-state index contributed by atoms with van der Waals surface area (Å²) < 4.78 is 2.08. The van der Waals surface area contributed by atoms with Gasteiger partial charge in [0.1, 0.15) is 5.82 Å². The molecule has 0 saturated heterocycles. The second kappa shape index (κ2) is 6.16. The molecule has 2 heterocycles. The molecule has 3 nitrogen and oxygen atoms in total. The zero-order valence-electron chi connectivity index (χ0n) is 11.3. The van der Waals surface area contributed by atoms with Crippen molar-refractivity contribution in [1.29, 1.82) is 0 Å². The number of rotatable bonds is 6. The van der Waals surface area contributed by atoms with E-state index in [2.05, 4.69) is 40.8 Å². The van der Waals surface area contributed by atoms with Crippen LogP contribution in [0, 0.1) is 6.92 Å². The van der Waals surface area contributed by atoms with Crippen LogP contribution in [-0.4, -0.2) is 22.1 Å². The van der Waals surface area contributed by atoms with Gasteiger partial charge in [0.25, 0.3) is 0 Å². The Morgan fingerprint density at radius 2 is 2.28 bits per heavy atom. The van der Waals surface area contributed by atoms with Gasteiger partial charge in [-0.15, -0.1) is 11.3 Å². The highest BCUT2D eigenvalue weighted by molar-refractivity contribution is 7.11. The predicted octanol–water partition coefficient (Wildman–Crippen LogP) is 2.55. The van der Waals surface area contributed by atoms with Crippen molar-refractivity contribution in [1.82, 2.24) is 14.9 Å². The first-order valence-electron chi connectivity index (χ1n) is 6.40. The first-order valence-corrected chi connectivity index (χ1v) is 7.21. The monoisotopic (exact) mass is 263 g/mol. The Morgan fingerprint density at radius 1 is 1.44 bits per heavy atom. The molecule has 0 spiro atoms. The van der Waals surface area contributed by atoms with Gasteiger partial charge in [-0.25, -0.2) is 4.98 Å². The van der Waals surface area contributed by atoms with Crippen LogP contribution < -0.4 is 5.32 Å². The Morgan fingerprint density at radius 3 is 2.89 bits per heavy atom. The van der Waals surface area contributed by atoms with Gasteiger partial charge in [-0.05, 0) is 32.4 Å². The van der Waals surface area contributed by atoms with Crippen LogP contribution in [0.15, 0.2) is 24.5 Å². The predicted molar refractivity (Wildman–Crippen MR) is 77.1 cm³/mol. The quantitative estimate of drug-likeness (QED) is 0.868.